The molecule has 10 heteroatoms. The molecule has 4 N–H and O–H groups in total. The maximum Gasteiger partial charge on any atom is 0.328 e. The van der Waals surface area contributed by atoms with Gasteiger partial charge in [0, 0.05) is 17.8 Å². The van der Waals surface area contributed by atoms with E-state index < -0.39 is 47.4 Å². The Kier molecular flexibility index (Phi) is 7.07. The molecule has 0 spiro atoms. The first kappa shape index (κ1) is 20.6. The van der Waals surface area contributed by atoms with E-state index >= 15 is 0 Å². The zero-order chi connectivity index (χ0) is 19.2. The molecule has 0 radical (unpaired) electrons. The number of amides is 1. The predicted molar refractivity (Wildman–Crippen MR) is 89.0 cm³/mol. The normalized spacial score (nSPS) is 13.8. The van der Waals surface area contributed by atoms with Crippen LogP contribution in [0.5, 0.6) is 0 Å². The molecule has 0 saturated carbocycles. The van der Waals surface area contributed by atoms with Crippen molar-refractivity contribution in [3.05, 3.63) is 33.1 Å². The standard InChI is InChI=1S/C15H24N4O6/c1-15(2,3)18-12(22)9(16-10(8-20)13(23)25-4)7-19-6-5-11(21)17-14(19)24/h5-6,9-10,16,20H,7-8H2,1-4H3,(H,18,22)(H,17,21,24)/t9?,10-/m1/s1. The molecule has 1 aromatic heterocycles. The SMILES string of the molecule is COC(=O)[C@@H](CO)NC(Cn1ccc(=O)[nH]c1=O)C(=O)NC(C)(C)C. The molecule has 0 bridgehead atoms. The number of carbonyl (C=O) groups excluding carboxylic acids is 2. The number of aliphatic hydroxyl groups is 1. The molecule has 0 aromatic carbocycles. The highest BCUT2D eigenvalue weighted by atomic mass is 16.5. The van der Waals surface area contributed by atoms with Gasteiger partial charge in [0.2, 0.25) is 5.91 Å². The second kappa shape index (κ2) is 8.58. The van der Waals surface area contributed by atoms with Gasteiger partial charge in [-0.15, -0.1) is 0 Å². The van der Waals surface area contributed by atoms with E-state index in [1.165, 1.54) is 6.20 Å². The van der Waals surface area contributed by atoms with Crippen LogP contribution in [-0.4, -0.2) is 57.9 Å². The number of aromatic amines is 1. The number of rotatable bonds is 7. The Morgan fingerprint density at radius 2 is 1.96 bits per heavy atom. The molecule has 0 aliphatic carbocycles. The first-order valence-electron chi connectivity index (χ1n) is 7.64. The van der Waals surface area contributed by atoms with Crippen molar-refractivity contribution in [3.8, 4) is 0 Å². The van der Waals surface area contributed by atoms with Crippen LogP contribution in [0.2, 0.25) is 0 Å². The Morgan fingerprint density at radius 3 is 2.44 bits per heavy atom. The molecule has 10 nitrogen and oxygen atoms in total. The Bertz CT molecular complexity index is 718. The molecule has 0 fully saturated rings. The zero-order valence-electron chi connectivity index (χ0n) is 14.7. The lowest BCUT2D eigenvalue weighted by Gasteiger charge is -2.27. The van der Waals surface area contributed by atoms with Gasteiger partial charge in [-0.2, -0.15) is 0 Å². The number of esters is 1. The molecule has 2 atom stereocenters. The lowest BCUT2D eigenvalue weighted by Crippen LogP contribution is -2.57. The van der Waals surface area contributed by atoms with Crippen LogP contribution in [0.3, 0.4) is 0 Å². The Morgan fingerprint density at radius 1 is 1.32 bits per heavy atom. The van der Waals surface area contributed by atoms with E-state index in [-0.39, 0.29) is 6.54 Å². The van der Waals surface area contributed by atoms with Crippen molar-refractivity contribution < 1.29 is 19.4 Å². The molecule has 140 valence electrons. The molecular weight excluding hydrogens is 332 g/mol. The molecule has 1 heterocycles. The summed E-state index contributed by atoms with van der Waals surface area (Å²) in [7, 11) is 1.16. The van der Waals surface area contributed by atoms with E-state index in [0.29, 0.717) is 0 Å². The number of hydrogen-bond acceptors (Lipinski definition) is 7. The fraction of sp³-hybridized carbons (Fsp3) is 0.600. The number of aliphatic hydroxyl groups excluding tert-OH is 1. The highest BCUT2D eigenvalue weighted by Gasteiger charge is 2.29. The van der Waals surface area contributed by atoms with Crippen molar-refractivity contribution in [2.45, 2.75) is 44.9 Å². The van der Waals surface area contributed by atoms with Crippen LogP contribution in [-0.2, 0) is 20.9 Å². The van der Waals surface area contributed by atoms with Crippen molar-refractivity contribution in [3.63, 3.8) is 0 Å². The van der Waals surface area contributed by atoms with Crippen LogP contribution in [0.4, 0.5) is 0 Å². The molecule has 25 heavy (non-hydrogen) atoms. The summed E-state index contributed by atoms with van der Waals surface area (Å²) >= 11 is 0. The molecular formula is C15H24N4O6. The maximum atomic E-state index is 12.5. The summed E-state index contributed by atoms with van der Waals surface area (Å²) in [4.78, 5) is 49.2. The van der Waals surface area contributed by atoms with E-state index in [9.17, 15) is 24.3 Å². The number of hydrogen-bond donors (Lipinski definition) is 4. The fourth-order valence-corrected chi connectivity index (χ4v) is 2.03. The zero-order valence-corrected chi connectivity index (χ0v) is 14.7. The minimum Gasteiger partial charge on any atom is -0.468 e. The average molecular weight is 356 g/mol. The van der Waals surface area contributed by atoms with E-state index in [1.807, 2.05) is 0 Å². The summed E-state index contributed by atoms with van der Waals surface area (Å²) < 4.78 is 5.68. The summed E-state index contributed by atoms with van der Waals surface area (Å²) in [5.41, 5.74) is -1.80. The van der Waals surface area contributed by atoms with Crippen molar-refractivity contribution in [1.29, 1.82) is 0 Å². The quantitative estimate of drug-likeness (QED) is 0.412. The summed E-state index contributed by atoms with van der Waals surface area (Å²) in [5.74, 6) is -1.22. The van der Waals surface area contributed by atoms with Gasteiger partial charge in [0.05, 0.1) is 20.3 Å². The average Bonchev–Trinajstić information content (AvgIpc) is 2.50. The van der Waals surface area contributed by atoms with Crippen LogP contribution in [0, 0.1) is 0 Å². The van der Waals surface area contributed by atoms with Gasteiger partial charge in [0.15, 0.2) is 0 Å². The van der Waals surface area contributed by atoms with Crippen molar-refractivity contribution in [2.75, 3.05) is 13.7 Å². The monoisotopic (exact) mass is 356 g/mol. The van der Waals surface area contributed by atoms with Crippen molar-refractivity contribution in [2.24, 2.45) is 0 Å². The van der Waals surface area contributed by atoms with Crippen LogP contribution < -0.4 is 21.9 Å². The van der Waals surface area contributed by atoms with Crippen molar-refractivity contribution >= 4 is 11.9 Å². The van der Waals surface area contributed by atoms with E-state index in [4.69, 9.17) is 0 Å². The Labute approximate surface area is 144 Å². The summed E-state index contributed by atoms with van der Waals surface area (Å²) in [6.07, 6.45) is 1.24. The van der Waals surface area contributed by atoms with Gasteiger partial charge < -0.3 is 15.2 Å². The Balaban J connectivity index is 3.09. The van der Waals surface area contributed by atoms with Crippen LogP contribution in [0.1, 0.15) is 20.8 Å². The molecule has 0 saturated heterocycles. The van der Waals surface area contributed by atoms with Crippen LogP contribution in [0.15, 0.2) is 21.9 Å². The second-order valence-corrected chi connectivity index (χ2v) is 6.48. The van der Waals surface area contributed by atoms with E-state index in [1.54, 1.807) is 20.8 Å². The number of methoxy groups -OCH3 is 1. The lowest BCUT2D eigenvalue weighted by atomic mass is 10.1. The summed E-state index contributed by atoms with van der Waals surface area (Å²) in [6, 6.07) is -1.03. The van der Waals surface area contributed by atoms with Crippen molar-refractivity contribution in [1.82, 2.24) is 20.2 Å². The largest absolute Gasteiger partial charge is 0.468 e. The smallest absolute Gasteiger partial charge is 0.328 e. The number of aromatic nitrogens is 2. The third-order valence-corrected chi connectivity index (χ3v) is 3.16. The van der Waals surface area contributed by atoms with Gasteiger partial charge in [-0.3, -0.25) is 29.3 Å². The number of nitrogens with zero attached hydrogens (tertiary/aromatic N) is 1. The second-order valence-electron chi connectivity index (χ2n) is 6.48. The highest BCUT2D eigenvalue weighted by molar-refractivity contribution is 5.84. The Hall–Kier alpha value is -2.46. The molecule has 0 aliphatic heterocycles. The fourth-order valence-electron chi connectivity index (χ4n) is 2.03. The van der Waals surface area contributed by atoms with Gasteiger partial charge in [-0.25, -0.2) is 4.79 Å². The maximum absolute atomic E-state index is 12.5. The minimum absolute atomic E-state index is 0.162. The molecule has 1 amide bonds. The highest BCUT2D eigenvalue weighted by Crippen LogP contribution is 2.02. The van der Waals surface area contributed by atoms with Gasteiger partial charge in [0.25, 0.3) is 5.56 Å². The third-order valence-electron chi connectivity index (χ3n) is 3.16. The topological polar surface area (TPSA) is 143 Å². The van der Waals surface area contributed by atoms with Gasteiger partial charge in [-0.1, -0.05) is 0 Å². The predicted octanol–water partition coefficient (Wildman–Crippen LogP) is -2.06. The van der Waals surface area contributed by atoms with E-state index in [2.05, 4.69) is 20.4 Å². The first-order valence-corrected chi connectivity index (χ1v) is 7.64. The van der Waals surface area contributed by atoms with Crippen LogP contribution >= 0.6 is 0 Å². The number of H-pyrrole nitrogens is 1. The van der Waals surface area contributed by atoms with Gasteiger partial charge in [-0.05, 0) is 20.8 Å². The number of ether oxygens (including phenoxy) is 1. The summed E-state index contributed by atoms with van der Waals surface area (Å²) in [6.45, 7) is 4.57. The molecule has 1 unspecified atom stereocenters. The third kappa shape index (κ3) is 6.51. The molecule has 1 aromatic rings. The summed E-state index contributed by atoms with van der Waals surface area (Å²) in [5, 5.41) is 14.7. The lowest BCUT2D eigenvalue weighted by molar-refractivity contribution is -0.144. The number of nitrogens with one attached hydrogen (secondary N) is 3. The first-order chi connectivity index (χ1) is 11.6. The molecule has 1 rings (SSSR count). The number of carbonyl (C=O) groups is 2. The van der Waals surface area contributed by atoms with Crippen LogP contribution in [0.25, 0.3) is 0 Å². The minimum atomic E-state index is -1.14. The van der Waals surface area contributed by atoms with E-state index in [0.717, 1.165) is 17.7 Å². The van der Waals surface area contributed by atoms with Gasteiger partial charge in [0.1, 0.15) is 12.1 Å². The molecule has 0 aliphatic rings. The van der Waals surface area contributed by atoms with Gasteiger partial charge >= 0.3 is 11.7 Å².